The molecule has 1 amide bonds. The lowest BCUT2D eigenvalue weighted by Crippen LogP contribution is -2.27. The number of halogens is 1. The van der Waals surface area contributed by atoms with Gasteiger partial charge in [-0.15, -0.1) is 11.3 Å². The monoisotopic (exact) mass is 335 g/mol. The number of nitriles is 1. The van der Waals surface area contributed by atoms with E-state index >= 15 is 0 Å². The molecule has 0 radical (unpaired) electrons. The Morgan fingerprint density at radius 2 is 2.27 bits per heavy atom. The highest BCUT2D eigenvalue weighted by Crippen LogP contribution is 2.24. The van der Waals surface area contributed by atoms with Crippen LogP contribution in [-0.2, 0) is 11.3 Å². The lowest BCUT2D eigenvalue weighted by Gasteiger charge is -2.12. The van der Waals surface area contributed by atoms with Crippen molar-refractivity contribution in [2.75, 3.05) is 7.11 Å². The van der Waals surface area contributed by atoms with Crippen LogP contribution in [0, 0.1) is 18.3 Å². The molecule has 5 nitrogen and oxygen atoms in total. The molecular formula is C15H14ClN3O2S. The first kappa shape index (κ1) is 16.4. The molecule has 0 fully saturated rings. The van der Waals surface area contributed by atoms with Gasteiger partial charge in [-0.2, -0.15) is 5.26 Å². The van der Waals surface area contributed by atoms with Gasteiger partial charge in [-0.1, -0.05) is 29.8 Å². The van der Waals surface area contributed by atoms with Crippen molar-refractivity contribution < 1.29 is 9.53 Å². The number of hydrogen-bond donors (Lipinski definition) is 1. The smallest absolute Gasteiger partial charge is 0.264 e. The summed E-state index contributed by atoms with van der Waals surface area (Å²) in [6.07, 6.45) is 0. The normalized spacial score (nSPS) is 11.7. The Labute approximate surface area is 137 Å². The molecule has 0 aliphatic heterocycles. The highest BCUT2D eigenvalue weighted by Gasteiger charge is 2.21. The van der Waals surface area contributed by atoms with Gasteiger partial charge in [0, 0.05) is 17.7 Å². The van der Waals surface area contributed by atoms with Gasteiger partial charge in [0.15, 0.2) is 0 Å². The van der Waals surface area contributed by atoms with Gasteiger partial charge in [0.25, 0.3) is 5.91 Å². The number of thiazole rings is 1. The van der Waals surface area contributed by atoms with E-state index < -0.39 is 6.04 Å². The van der Waals surface area contributed by atoms with Crippen LogP contribution >= 0.6 is 22.9 Å². The van der Waals surface area contributed by atoms with E-state index in [2.05, 4.69) is 16.4 Å². The van der Waals surface area contributed by atoms with Gasteiger partial charge in [-0.25, -0.2) is 4.98 Å². The van der Waals surface area contributed by atoms with Crippen molar-refractivity contribution in [2.24, 2.45) is 0 Å². The fourth-order valence-electron chi connectivity index (χ4n) is 1.93. The van der Waals surface area contributed by atoms with Gasteiger partial charge in [0.05, 0.1) is 18.4 Å². The Kier molecular flexibility index (Phi) is 5.50. The molecule has 22 heavy (non-hydrogen) atoms. The quantitative estimate of drug-likeness (QED) is 0.910. The van der Waals surface area contributed by atoms with Crippen LogP contribution in [0.4, 0.5) is 0 Å². The first-order chi connectivity index (χ1) is 10.6. The van der Waals surface area contributed by atoms with E-state index in [1.54, 1.807) is 38.3 Å². The van der Waals surface area contributed by atoms with Crippen molar-refractivity contribution in [3.05, 3.63) is 50.4 Å². The minimum atomic E-state index is -0.812. The molecule has 0 spiro atoms. The number of nitrogens with one attached hydrogen (secondary N) is 1. The van der Waals surface area contributed by atoms with E-state index in [-0.39, 0.29) is 5.91 Å². The number of ether oxygens (including phenoxy) is 1. The third-order valence-corrected chi connectivity index (χ3v) is 4.41. The number of nitrogens with zero attached hydrogens (tertiary/aromatic N) is 2. The van der Waals surface area contributed by atoms with Crippen molar-refractivity contribution in [1.29, 1.82) is 5.26 Å². The summed E-state index contributed by atoms with van der Waals surface area (Å²) >= 11 is 7.33. The largest absolute Gasteiger partial charge is 0.378 e. The number of amides is 1. The van der Waals surface area contributed by atoms with Crippen LogP contribution in [0.5, 0.6) is 0 Å². The second-order valence-corrected chi connectivity index (χ2v) is 6.00. The highest BCUT2D eigenvalue weighted by molar-refractivity contribution is 7.13. The van der Waals surface area contributed by atoms with E-state index in [0.717, 1.165) is 5.01 Å². The molecule has 1 atom stereocenters. The molecule has 0 aliphatic carbocycles. The summed E-state index contributed by atoms with van der Waals surface area (Å²) in [5, 5.41) is 13.1. The lowest BCUT2D eigenvalue weighted by atomic mass is 10.1. The first-order valence-corrected chi connectivity index (χ1v) is 7.66. The summed E-state index contributed by atoms with van der Waals surface area (Å²) in [6.45, 7) is 2.10. The second-order valence-electron chi connectivity index (χ2n) is 4.51. The first-order valence-electron chi connectivity index (χ1n) is 6.47. The predicted molar refractivity (Wildman–Crippen MR) is 84.8 cm³/mol. The number of rotatable bonds is 5. The van der Waals surface area contributed by atoms with Gasteiger partial charge in [-0.3, -0.25) is 4.79 Å². The zero-order valence-electron chi connectivity index (χ0n) is 12.1. The van der Waals surface area contributed by atoms with Crippen LogP contribution in [-0.4, -0.2) is 18.0 Å². The molecule has 114 valence electrons. The van der Waals surface area contributed by atoms with Crippen LogP contribution in [0.3, 0.4) is 0 Å². The van der Waals surface area contributed by atoms with E-state index in [0.29, 0.717) is 27.8 Å². The maximum atomic E-state index is 12.4. The van der Waals surface area contributed by atoms with Crippen LogP contribution in [0.1, 0.15) is 32.0 Å². The van der Waals surface area contributed by atoms with Gasteiger partial charge < -0.3 is 10.1 Å². The SMILES string of the molecule is COCc1nc(C)c(C(=O)NC(C#N)c2ccccc2Cl)s1. The number of methoxy groups -OCH3 is 1. The Morgan fingerprint density at radius 1 is 1.55 bits per heavy atom. The summed E-state index contributed by atoms with van der Waals surface area (Å²) in [6, 6.07) is 8.18. The molecule has 0 saturated heterocycles. The average molecular weight is 336 g/mol. The maximum Gasteiger partial charge on any atom is 0.264 e. The van der Waals surface area contributed by atoms with Gasteiger partial charge >= 0.3 is 0 Å². The van der Waals surface area contributed by atoms with Crippen LogP contribution < -0.4 is 5.32 Å². The zero-order valence-corrected chi connectivity index (χ0v) is 13.7. The molecule has 1 N–H and O–H groups in total. The third kappa shape index (κ3) is 3.63. The molecular weight excluding hydrogens is 322 g/mol. The number of benzene rings is 1. The van der Waals surface area contributed by atoms with Crippen LogP contribution in [0.25, 0.3) is 0 Å². The minimum absolute atomic E-state index is 0.344. The predicted octanol–water partition coefficient (Wildman–Crippen LogP) is 3.25. The van der Waals surface area contributed by atoms with Gasteiger partial charge in [-0.05, 0) is 13.0 Å². The number of hydrogen-bond acceptors (Lipinski definition) is 5. The van der Waals surface area contributed by atoms with Crippen molar-refractivity contribution in [3.63, 3.8) is 0 Å². The summed E-state index contributed by atoms with van der Waals surface area (Å²) < 4.78 is 5.01. The number of aryl methyl sites for hydroxylation is 1. The van der Waals surface area contributed by atoms with Crippen LogP contribution in [0.15, 0.2) is 24.3 Å². The lowest BCUT2D eigenvalue weighted by molar-refractivity contribution is 0.0948. The average Bonchev–Trinajstić information content (AvgIpc) is 2.86. The molecule has 2 rings (SSSR count). The number of carbonyl (C=O) groups excluding carboxylic acids is 1. The van der Waals surface area contributed by atoms with Crippen molar-refractivity contribution in [1.82, 2.24) is 10.3 Å². The van der Waals surface area contributed by atoms with Crippen molar-refractivity contribution >= 4 is 28.8 Å². The van der Waals surface area contributed by atoms with Crippen LogP contribution in [0.2, 0.25) is 5.02 Å². The Balaban J connectivity index is 2.20. The van der Waals surface area contributed by atoms with E-state index in [1.807, 2.05) is 0 Å². The zero-order chi connectivity index (χ0) is 16.1. The standard InChI is InChI=1S/C15H14ClN3O2S/c1-9-14(22-13(18-9)8-21-2)15(20)19-12(7-17)10-5-3-4-6-11(10)16/h3-6,12H,8H2,1-2H3,(H,19,20). The van der Waals surface area contributed by atoms with Gasteiger partial charge in [0.2, 0.25) is 0 Å². The molecule has 0 bridgehead atoms. The molecule has 1 heterocycles. The molecule has 2 aromatic rings. The molecule has 1 aromatic heterocycles. The minimum Gasteiger partial charge on any atom is -0.378 e. The summed E-state index contributed by atoms with van der Waals surface area (Å²) in [5.74, 6) is -0.344. The maximum absolute atomic E-state index is 12.4. The molecule has 1 aromatic carbocycles. The Hall–Kier alpha value is -1.94. The fraction of sp³-hybridized carbons (Fsp3) is 0.267. The van der Waals surface area contributed by atoms with E-state index in [9.17, 15) is 10.1 Å². The summed E-state index contributed by atoms with van der Waals surface area (Å²) in [4.78, 5) is 17.1. The summed E-state index contributed by atoms with van der Waals surface area (Å²) in [5.41, 5.74) is 1.18. The highest BCUT2D eigenvalue weighted by atomic mass is 35.5. The number of carbonyl (C=O) groups is 1. The second kappa shape index (κ2) is 7.36. The number of aromatic nitrogens is 1. The molecule has 7 heteroatoms. The van der Waals surface area contributed by atoms with E-state index in [1.165, 1.54) is 11.3 Å². The third-order valence-electron chi connectivity index (χ3n) is 2.94. The van der Waals surface area contributed by atoms with E-state index in [4.69, 9.17) is 16.3 Å². The van der Waals surface area contributed by atoms with Crippen molar-refractivity contribution in [3.8, 4) is 6.07 Å². The summed E-state index contributed by atoms with van der Waals surface area (Å²) in [7, 11) is 1.57. The fourth-order valence-corrected chi connectivity index (χ4v) is 3.12. The van der Waals surface area contributed by atoms with Crippen molar-refractivity contribution in [2.45, 2.75) is 19.6 Å². The molecule has 0 aliphatic rings. The Morgan fingerprint density at radius 3 is 2.91 bits per heavy atom. The molecule has 1 unspecified atom stereocenters. The van der Waals surface area contributed by atoms with Gasteiger partial charge in [0.1, 0.15) is 15.9 Å². The molecule has 0 saturated carbocycles. The topological polar surface area (TPSA) is 75.0 Å². The Bertz CT molecular complexity index is 724.